The van der Waals surface area contributed by atoms with E-state index in [0.717, 1.165) is 32.1 Å². The van der Waals surface area contributed by atoms with Gasteiger partial charge in [-0.3, -0.25) is 13.8 Å². The number of hydrogen-bond acceptors (Lipinski definition) is 7. The average molecular weight is 815 g/mol. The van der Waals surface area contributed by atoms with Gasteiger partial charge in [0.25, 0.3) is 0 Å². The van der Waals surface area contributed by atoms with Crippen LogP contribution in [0.25, 0.3) is 0 Å². The van der Waals surface area contributed by atoms with Gasteiger partial charge >= 0.3 is 7.82 Å². The van der Waals surface area contributed by atoms with Crippen molar-refractivity contribution in [2.45, 2.75) is 244 Å². The molecule has 0 saturated carbocycles. The summed E-state index contributed by atoms with van der Waals surface area (Å²) in [4.78, 5) is 22.8. The highest BCUT2D eigenvalue weighted by Gasteiger charge is 2.27. The molecular formula is C46H91N2O7P. The molecule has 0 aromatic rings. The minimum atomic E-state index is -4.41. The number of amides is 1. The van der Waals surface area contributed by atoms with Crippen LogP contribution in [0.3, 0.4) is 0 Å². The number of aliphatic hydroxyl groups is 2. The Kier molecular flexibility index (Phi) is 41.3. The smallest absolute Gasteiger partial charge is 0.393 e. The van der Waals surface area contributed by atoms with E-state index in [4.69, 9.17) is 14.8 Å². The molecule has 4 atom stereocenters. The van der Waals surface area contributed by atoms with Gasteiger partial charge in [0.1, 0.15) is 0 Å². The molecule has 0 aliphatic heterocycles. The number of carbonyl (C=O) groups excluding carboxylic acids is 1. The van der Waals surface area contributed by atoms with Gasteiger partial charge in [-0.2, -0.15) is 0 Å². The Labute approximate surface area is 345 Å². The standard InChI is InChI=1S/C46H91N2O7P/c1-3-5-7-9-11-13-15-17-18-19-20-21-22-23-24-26-28-30-32-34-36-38-45(50)44(42-55-56(52,53)54-40-39-47)48-46(51)41-43(49)37-35-33-31-29-27-25-16-14-12-10-8-6-4-2/h28,30,36,38,43-45,49-50H,3-27,29,31-35,37,39-42,47H2,1-2H3,(H,48,51)(H,52,53)/b30-28+,38-36+. The maximum atomic E-state index is 12.8. The highest BCUT2D eigenvalue weighted by Crippen LogP contribution is 2.43. The Morgan fingerprint density at radius 1 is 0.607 bits per heavy atom. The van der Waals surface area contributed by atoms with E-state index in [0.29, 0.717) is 12.8 Å². The lowest BCUT2D eigenvalue weighted by Crippen LogP contribution is -2.46. The highest BCUT2D eigenvalue weighted by atomic mass is 31.2. The van der Waals surface area contributed by atoms with Crippen LogP contribution in [0.4, 0.5) is 0 Å². The monoisotopic (exact) mass is 815 g/mol. The number of allylic oxidation sites excluding steroid dienone is 3. The molecule has 1 amide bonds. The first kappa shape index (κ1) is 54.9. The Hall–Kier alpha value is -1.06. The lowest BCUT2D eigenvalue weighted by Gasteiger charge is -2.24. The van der Waals surface area contributed by atoms with Gasteiger partial charge in [-0.05, 0) is 32.1 Å². The summed E-state index contributed by atoms with van der Waals surface area (Å²) in [5.41, 5.74) is 5.37. The number of carbonyl (C=O) groups is 1. The third-order valence-corrected chi connectivity index (χ3v) is 11.6. The van der Waals surface area contributed by atoms with Crippen LogP contribution in [0.2, 0.25) is 0 Å². The second kappa shape index (κ2) is 42.1. The topological polar surface area (TPSA) is 151 Å². The average Bonchev–Trinajstić information content (AvgIpc) is 3.17. The van der Waals surface area contributed by atoms with E-state index in [-0.39, 0.29) is 19.6 Å². The van der Waals surface area contributed by atoms with Gasteiger partial charge < -0.3 is 26.2 Å². The van der Waals surface area contributed by atoms with Crippen LogP contribution in [0.1, 0.15) is 226 Å². The predicted molar refractivity (Wildman–Crippen MR) is 237 cm³/mol. The number of nitrogens with one attached hydrogen (secondary N) is 1. The first-order valence-electron chi connectivity index (χ1n) is 23.5. The molecule has 6 N–H and O–H groups in total. The van der Waals surface area contributed by atoms with E-state index >= 15 is 0 Å². The molecule has 0 rings (SSSR count). The van der Waals surface area contributed by atoms with Gasteiger partial charge in [-0.15, -0.1) is 0 Å². The molecule has 56 heavy (non-hydrogen) atoms. The molecule has 0 fully saturated rings. The third-order valence-electron chi connectivity index (χ3n) is 10.6. The number of phosphoric ester groups is 1. The van der Waals surface area contributed by atoms with Gasteiger partial charge in [0, 0.05) is 6.54 Å². The summed E-state index contributed by atoms with van der Waals surface area (Å²) in [5, 5.41) is 24.1. The van der Waals surface area contributed by atoms with E-state index in [2.05, 4.69) is 31.3 Å². The molecule has 0 heterocycles. The fourth-order valence-corrected chi connectivity index (χ4v) is 7.78. The van der Waals surface area contributed by atoms with Gasteiger partial charge in [-0.1, -0.05) is 212 Å². The molecule has 10 heteroatoms. The van der Waals surface area contributed by atoms with Crippen LogP contribution in [0, 0.1) is 0 Å². The van der Waals surface area contributed by atoms with Crippen LogP contribution >= 0.6 is 7.82 Å². The first-order valence-corrected chi connectivity index (χ1v) is 25.0. The summed E-state index contributed by atoms with van der Waals surface area (Å²) in [7, 11) is -4.41. The summed E-state index contributed by atoms with van der Waals surface area (Å²) in [6, 6.07) is -0.995. The van der Waals surface area contributed by atoms with E-state index in [9.17, 15) is 24.5 Å². The van der Waals surface area contributed by atoms with E-state index in [1.807, 2.05) is 6.08 Å². The van der Waals surface area contributed by atoms with Crippen LogP contribution in [0.15, 0.2) is 24.3 Å². The van der Waals surface area contributed by atoms with E-state index < -0.39 is 38.6 Å². The molecule has 332 valence electrons. The fourth-order valence-electron chi connectivity index (χ4n) is 7.02. The molecule has 0 bridgehead atoms. The molecule has 0 aromatic heterocycles. The summed E-state index contributed by atoms with van der Waals surface area (Å²) in [6.07, 6.45) is 45.6. The quantitative estimate of drug-likeness (QED) is 0.0232. The van der Waals surface area contributed by atoms with Crippen molar-refractivity contribution in [2.75, 3.05) is 19.8 Å². The molecule has 0 radical (unpaired) electrons. The zero-order valence-electron chi connectivity index (χ0n) is 36.5. The molecule has 0 aromatic carbocycles. The molecule has 0 spiro atoms. The molecule has 9 nitrogen and oxygen atoms in total. The normalized spacial score (nSPS) is 14.8. The summed E-state index contributed by atoms with van der Waals surface area (Å²) < 4.78 is 22.1. The third kappa shape index (κ3) is 39.8. The maximum Gasteiger partial charge on any atom is 0.472 e. The Bertz CT molecular complexity index is 950. The number of hydrogen-bond donors (Lipinski definition) is 5. The number of rotatable bonds is 44. The maximum absolute atomic E-state index is 12.8. The highest BCUT2D eigenvalue weighted by molar-refractivity contribution is 7.47. The van der Waals surface area contributed by atoms with Crippen molar-refractivity contribution in [3.05, 3.63) is 24.3 Å². The van der Waals surface area contributed by atoms with Crippen molar-refractivity contribution in [3.63, 3.8) is 0 Å². The van der Waals surface area contributed by atoms with E-state index in [1.54, 1.807) is 6.08 Å². The second-order valence-electron chi connectivity index (χ2n) is 16.2. The van der Waals surface area contributed by atoms with Gasteiger partial charge in [0.05, 0.1) is 37.9 Å². The number of nitrogens with two attached hydrogens (primary N) is 1. The lowest BCUT2D eigenvalue weighted by atomic mass is 10.0. The first-order chi connectivity index (χ1) is 27.3. The van der Waals surface area contributed by atoms with Crippen LogP contribution in [-0.4, -0.2) is 59.0 Å². The molecule has 4 unspecified atom stereocenters. The number of unbranched alkanes of at least 4 members (excludes halogenated alkanes) is 28. The molecule has 0 aliphatic rings. The Balaban J connectivity index is 4.29. The van der Waals surface area contributed by atoms with E-state index in [1.165, 1.54) is 161 Å². The summed E-state index contributed by atoms with van der Waals surface area (Å²) in [5.74, 6) is -0.453. The van der Waals surface area contributed by atoms with Crippen molar-refractivity contribution >= 4 is 13.7 Å². The molecular weight excluding hydrogens is 723 g/mol. The lowest BCUT2D eigenvalue weighted by molar-refractivity contribution is -0.124. The number of aliphatic hydroxyl groups excluding tert-OH is 2. The zero-order chi connectivity index (χ0) is 41.2. The van der Waals surface area contributed by atoms with Crippen molar-refractivity contribution in [3.8, 4) is 0 Å². The predicted octanol–water partition coefficient (Wildman–Crippen LogP) is 12.3. The largest absolute Gasteiger partial charge is 0.472 e. The second-order valence-corrected chi connectivity index (χ2v) is 17.6. The van der Waals surface area contributed by atoms with Crippen molar-refractivity contribution < 1.29 is 33.5 Å². The van der Waals surface area contributed by atoms with Gasteiger partial charge in [0.15, 0.2) is 0 Å². The van der Waals surface area contributed by atoms with Crippen molar-refractivity contribution in [1.82, 2.24) is 5.32 Å². The minimum Gasteiger partial charge on any atom is -0.393 e. The molecule has 0 saturated heterocycles. The van der Waals surface area contributed by atoms with Crippen LogP contribution in [0.5, 0.6) is 0 Å². The SMILES string of the molecule is CCCCCCCCCCCCCCCCC/C=C/CC/C=C/C(O)C(COP(=O)(O)OCCN)NC(=O)CC(O)CCCCCCCCCCCCCCC. The number of phosphoric acid groups is 1. The zero-order valence-corrected chi connectivity index (χ0v) is 37.4. The van der Waals surface area contributed by atoms with Crippen LogP contribution < -0.4 is 11.1 Å². The fraction of sp³-hybridized carbons (Fsp3) is 0.891. The van der Waals surface area contributed by atoms with Crippen molar-refractivity contribution in [1.29, 1.82) is 0 Å². The minimum absolute atomic E-state index is 0.0461. The molecule has 0 aliphatic carbocycles. The Morgan fingerprint density at radius 2 is 1.02 bits per heavy atom. The van der Waals surface area contributed by atoms with Crippen LogP contribution in [-0.2, 0) is 18.4 Å². The Morgan fingerprint density at radius 3 is 1.48 bits per heavy atom. The summed E-state index contributed by atoms with van der Waals surface area (Å²) in [6.45, 7) is 3.97. The van der Waals surface area contributed by atoms with Gasteiger partial charge in [-0.25, -0.2) is 4.57 Å². The van der Waals surface area contributed by atoms with Crippen molar-refractivity contribution in [2.24, 2.45) is 5.73 Å². The summed E-state index contributed by atoms with van der Waals surface area (Å²) >= 11 is 0. The van der Waals surface area contributed by atoms with Gasteiger partial charge in [0.2, 0.25) is 5.91 Å².